The summed E-state index contributed by atoms with van der Waals surface area (Å²) >= 11 is 0. The summed E-state index contributed by atoms with van der Waals surface area (Å²) in [5.74, 6) is 0.414. The predicted octanol–water partition coefficient (Wildman–Crippen LogP) is 2.40. The van der Waals surface area contributed by atoms with Crippen LogP contribution in [0, 0.1) is 5.92 Å². The highest BCUT2D eigenvalue weighted by Crippen LogP contribution is 2.29. The van der Waals surface area contributed by atoms with Gasteiger partial charge in [0.25, 0.3) is 0 Å². The van der Waals surface area contributed by atoms with Gasteiger partial charge in [-0.15, -0.1) is 0 Å². The van der Waals surface area contributed by atoms with Crippen LogP contribution in [-0.4, -0.2) is 40.9 Å². The number of amides is 1. The highest BCUT2D eigenvalue weighted by atomic mass is 16.6. The molecule has 0 radical (unpaired) electrons. The van der Waals surface area contributed by atoms with Crippen molar-refractivity contribution >= 4 is 6.09 Å². The Kier molecular flexibility index (Phi) is 4.80. The van der Waals surface area contributed by atoms with E-state index >= 15 is 0 Å². The van der Waals surface area contributed by atoms with E-state index in [4.69, 9.17) is 4.74 Å². The number of carbonyl (C=O) groups is 1. The molecule has 0 saturated carbocycles. The number of carbonyl (C=O) groups excluding carboxylic acids is 1. The van der Waals surface area contributed by atoms with Gasteiger partial charge in [-0.2, -0.15) is 0 Å². The lowest BCUT2D eigenvalue weighted by Gasteiger charge is -2.29. The van der Waals surface area contributed by atoms with Gasteiger partial charge in [-0.1, -0.05) is 13.3 Å². The first-order chi connectivity index (χ1) is 7.89. The third kappa shape index (κ3) is 3.87. The fraction of sp³-hybridized carbons (Fsp3) is 0.923. The molecule has 0 aromatic carbocycles. The minimum atomic E-state index is -0.472. The maximum atomic E-state index is 12.0. The Labute approximate surface area is 104 Å². The van der Waals surface area contributed by atoms with Crippen molar-refractivity contribution in [1.82, 2.24) is 4.90 Å². The number of ether oxygens (including phenoxy) is 1. The molecular weight excluding hydrogens is 218 g/mol. The number of hydrogen-bond donors (Lipinski definition) is 1. The molecule has 0 aliphatic carbocycles. The molecule has 1 heterocycles. The summed E-state index contributed by atoms with van der Waals surface area (Å²) in [6.45, 7) is 8.44. The molecule has 2 unspecified atom stereocenters. The molecule has 4 nitrogen and oxygen atoms in total. The fourth-order valence-corrected chi connectivity index (χ4v) is 2.42. The largest absolute Gasteiger partial charge is 0.444 e. The smallest absolute Gasteiger partial charge is 0.410 e. The summed E-state index contributed by atoms with van der Waals surface area (Å²) in [7, 11) is 0. The first-order valence-corrected chi connectivity index (χ1v) is 6.49. The topological polar surface area (TPSA) is 49.8 Å². The van der Waals surface area contributed by atoms with E-state index in [1.165, 1.54) is 0 Å². The van der Waals surface area contributed by atoms with Crippen LogP contribution < -0.4 is 0 Å². The first kappa shape index (κ1) is 14.3. The molecule has 1 N–H and O–H groups in total. The van der Waals surface area contributed by atoms with Crippen molar-refractivity contribution in [2.45, 2.75) is 58.6 Å². The Morgan fingerprint density at radius 2 is 2.12 bits per heavy atom. The van der Waals surface area contributed by atoms with Gasteiger partial charge in [0, 0.05) is 6.54 Å². The lowest BCUT2D eigenvalue weighted by Crippen LogP contribution is -2.43. The van der Waals surface area contributed by atoms with E-state index in [-0.39, 0.29) is 18.7 Å². The average molecular weight is 243 g/mol. The van der Waals surface area contributed by atoms with Gasteiger partial charge in [0.1, 0.15) is 5.60 Å². The predicted molar refractivity (Wildman–Crippen MR) is 66.8 cm³/mol. The third-order valence-electron chi connectivity index (χ3n) is 3.16. The molecule has 1 amide bonds. The molecule has 1 aliphatic rings. The zero-order valence-electron chi connectivity index (χ0n) is 11.4. The lowest BCUT2D eigenvalue weighted by atomic mass is 9.96. The lowest BCUT2D eigenvalue weighted by molar-refractivity contribution is 0.0143. The molecule has 100 valence electrons. The van der Waals surface area contributed by atoms with Crippen LogP contribution in [0.25, 0.3) is 0 Å². The minimum Gasteiger partial charge on any atom is -0.444 e. The molecule has 0 aromatic rings. The second kappa shape index (κ2) is 5.71. The van der Waals surface area contributed by atoms with Crippen molar-refractivity contribution in [1.29, 1.82) is 0 Å². The average Bonchev–Trinajstić information content (AvgIpc) is 2.58. The molecular formula is C13H25NO3. The summed E-state index contributed by atoms with van der Waals surface area (Å²) < 4.78 is 5.36. The molecule has 4 heteroatoms. The summed E-state index contributed by atoms with van der Waals surface area (Å²) in [6.07, 6.45) is 2.82. The summed E-state index contributed by atoms with van der Waals surface area (Å²) in [5, 5.41) is 9.43. The number of likely N-dealkylation sites (tertiary alicyclic amines) is 1. The van der Waals surface area contributed by atoms with Crippen LogP contribution >= 0.6 is 0 Å². The van der Waals surface area contributed by atoms with Gasteiger partial charge in [0.05, 0.1) is 12.6 Å². The van der Waals surface area contributed by atoms with Crippen LogP contribution in [0.1, 0.15) is 47.0 Å². The van der Waals surface area contributed by atoms with Gasteiger partial charge in [-0.05, 0) is 39.5 Å². The van der Waals surface area contributed by atoms with Crippen molar-refractivity contribution in [2.75, 3.05) is 13.2 Å². The third-order valence-corrected chi connectivity index (χ3v) is 3.16. The normalized spacial score (nSPS) is 25.1. The highest BCUT2D eigenvalue weighted by molar-refractivity contribution is 5.69. The van der Waals surface area contributed by atoms with Crippen molar-refractivity contribution in [3.05, 3.63) is 0 Å². The van der Waals surface area contributed by atoms with Crippen molar-refractivity contribution < 1.29 is 14.6 Å². The molecule has 17 heavy (non-hydrogen) atoms. The van der Waals surface area contributed by atoms with Gasteiger partial charge >= 0.3 is 6.09 Å². The van der Waals surface area contributed by atoms with E-state index < -0.39 is 5.60 Å². The van der Waals surface area contributed by atoms with E-state index in [0.29, 0.717) is 12.5 Å². The molecule has 1 rings (SSSR count). The SMILES string of the molecule is CCCC1CCN(C(=O)OC(C)(C)C)C1CO. The quantitative estimate of drug-likeness (QED) is 0.828. The molecule has 0 bridgehead atoms. The van der Waals surface area contributed by atoms with Gasteiger partial charge in [0.15, 0.2) is 0 Å². The Morgan fingerprint density at radius 1 is 1.47 bits per heavy atom. The van der Waals surface area contributed by atoms with E-state index in [9.17, 15) is 9.90 Å². The first-order valence-electron chi connectivity index (χ1n) is 6.49. The molecule has 2 atom stereocenters. The Hall–Kier alpha value is -0.770. The maximum Gasteiger partial charge on any atom is 0.410 e. The van der Waals surface area contributed by atoms with E-state index in [2.05, 4.69) is 6.92 Å². The Balaban J connectivity index is 2.62. The summed E-state index contributed by atoms with van der Waals surface area (Å²) in [6, 6.07) is -0.0650. The van der Waals surface area contributed by atoms with Crippen LogP contribution in [0.2, 0.25) is 0 Å². The zero-order chi connectivity index (χ0) is 13.1. The molecule has 0 spiro atoms. The van der Waals surface area contributed by atoms with Crippen molar-refractivity contribution in [3.8, 4) is 0 Å². The maximum absolute atomic E-state index is 12.0. The Morgan fingerprint density at radius 3 is 2.59 bits per heavy atom. The van der Waals surface area contributed by atoms with E-state index in [1.807, 2.05) is 20.8 Å². The summed E-state index contributed by atoms with van der Waals surface area (Å²) in [4.78, 5) is 13.7. The van der Waals surface area contributed by atoms with E-state index in [0.717, 1.165) is 19.3 Å². The second-order valence-corrected chi connectivity index (χ2v) is 5.76. The van der Waals surface area contributed by atoms with Crippen LogP contribution in [-0.2, 0) is 4.74 Å². The molecule has 0 aromatic heterocycles. The number of nitrogens with zero attached hydrogens (tertiary/aromatic N) is 1. The van der Waals surface area contributed by atoms with Gasteiger partial charge in [-0.25, -0.2) is 4.79 Å². The fourth-order valence-electron chi connectivity index (χ4n) is 2.42. The molecule has 1 fully saturated rings. The van der Waals surface area contributed by atoms with Crippen molar-refractivity contribution in [2.24, 2.45) is 5.92 Å². The number of aliphatic hydroxyl groups is 1. The number of rotatable bonds is 3. The number of aliphatic hydroxyl groups excluding tert-OH is 1. The van der Waals surface area contributed by atoms with Crippen LogP contribution in [0.3, 0.4) is 0 Å². The van der Waals surface area contributed by atoms with Crippen LogP contribution in [0.5, 0.6) is 0 Å². The number of hydrogen-bond acceptors (Lipinski definition) is 3. The molecule has 1 aliphatic heterocycles. The highest BCUT2D eigenvalue weighted by Gasteiger charge is 2.37. The van der Waals surface area contributed by atoms with Crippen LogP contribution in [0.4, 0.5) is 4.79 Å². The second-order valence-electron chi connectivity index (χ2n) is 5.76. The monoisotopic (exact) mass is 243 g/mol. The van der Waals surface area contributed by atoms with Gasteiger partial charge in [-0.3, -0.25) is 0 Å². The van der Waals surface area contributed by atoms with E-state index in [1.54, 1.807) is 4.90 Å². The van der Waals surface area contributed by atoms with Gasteiger partial charge < -0.3 is 14.7 Å². The Bertz CT molecular complexity index is 260. The molecule has 1 saturated heterocycles. The minimum absolute atomic E-state index is 0.0317. The zero-order valence-corrected chi connectivity index (χ0v) is 11.4. The van der Waals surface area contributed by atoms with Gasteiger partial charge in [0.2, 0.25) is 0 Å². The van der Waals surface area contributed by atoms with Crippen molar-refractivity contribution in [3.63, 3.8) is 0 Å². The van der Waals surface area contributed by atoms with Crippen LogP contribution in [0.15, 0.2) is 0 Å². The summed E-state index contributed by atoms with van der Waals surface area (Å²) in [5.41, 5.74) is -0.472. The standard InChI is InChI=1S/C13H25NO3/c1-5-6-10-7-8-14(11(10)9-15)12(16)17-13(2,3)4/h10-11,15H,5-9H2,1-4H3.